The Kier molecular flexibility index (Phi) is 3.23. The van der Waals surface area contributed by atoms with Crippen LogP contribution in [0.3, 0.4) is 0 Å². The van der Waals surface area contributed by atoms with Crippen LogP contribution in [0.15, 0.2) is 43.4 Å². The highest BCUT2D eigenvalue weighted by Crippen LogP contribution is 2.25. The van der Waals surface area contributed by atoms with Gasteiger partial charge < -0.3 is 9.72 Å². The zero-order chi connectivity index (χ0) is 14.8. The number of H-pyrrole nitrogens is 1. The molecule has 0 fully saturated rings. The Morgan fingerprint density at radius 3 is 2.90 bits per heavy atom. The molecule has 104 valence electrons. The van der Waals surface area contributed by atoms with Crippen molar-refractivity contribution >= 4 is 22.9 Å². The second kappa shape index (κ2) is 5.20. The molecule has 0 aliphatic carbocycles. The topological polar surface area (TPSA) is 67.9 Å². The van der Waals surface area contributed by atoms with Crippen LogP contribution in [0.25, 0.3) is 28.4 Å². The van der Waals surface area contributed by atoms with Crippen LogP contribution in [-0.2, 0) is 4.74 Å². The van der Waals surface area contributed by atoms with Gasteiger partial charge in [0.25, 0.3) is 0 Å². The van der Waals surface area contributed by atoms with Crippen molar-refractivity contribution in [1.82, 2.24) is 15.0 Å². The van der Waals surface area contributed by atoms with E-state index >= 15 is 0 Å². The summed E-state index contributed by atoms with van der Waals surface area (Å²) in [6.07, 6.45) is 4.97. The number of benzene rings is 1. The van der Waals surface area contributed by atoms with Crippen molar-refractivity contribution in [3.05, 3.63) is 54.5 Å². The van der Waals surface area contributed by atoms with E-state index in [1.54, 1.807) is 24.7 Å². The minimum atomic E-state index is -0.394. The van der Waals surface area contributed by atoms with E-state index < -0.39 is 5.97 Å². The van der Waals surface area contributed by atoms with Crippen LogP contribution in [0.4, 0.5) is 0 Å². The molecule has 0 radical (unpaired) electrons. The van der Waals surface area contributed by atoms with Gasteiger partial charge in [-0.05, 0) is 17.7 Å². The van der Waals surface area contributed by atoms with E-state index in [0.717, 1.165) is 16.6 Å². The second-order valence-corrected chi connectivity index (χ2v) is 4.49. The molecule has 0 unspecified atom stereocenters. The molecule has 0 aliphatic heterocycles. The highest BCUT2D eigenvalue weighted by atomic mass is 16.5. The number of carbonyl (C=O) groups is 1. The van der Waals surface area contributed by atoms with Gasteiger partial charge in [0.15, 0.2) is 0 Å². The quantitative estimate of drug-likeness (QED) is 0.748. The molecule has 1 aromatic carbocycles. The maximum absolute atomic E-state index is 12.0. The Bertz CT molecular complexity index is 823. The first-order valence-corrected chi connectivity index (χ1v) is 6.37. The smallest absolute Gasteiger partial charge is 0.338 e. The van der Waals surface area contributed by atoms with Gasteiger partial charge >= 0.3 is 5.97 Å². The van der Waals surface area contributed by atoms with E-state index in [4.69, 9.17) is 4.74 Å². The lowest BCUT2D eigenvalue weighted by atomic mass is 10.0. The van der Waals surface area contributed by atoms with Gasteiger partial charge in [-0.3, -0.25) is 0 Å². The molecule has 0 aliphatic rings. The molecule has 0 spiro atoms. The van der Waals surface area contributed by atoms with E-state index in [0.29, 0.717) is 16.8 Å². The molecule has 3 rings (SSSR count). The first kappa shape index (κ1) is 13.1. The van der Waals surface area contributed by atoms with Gasteiger partial charge in [-0.15, -0.1) is 0 Å². The van der Waals surface area contributed by atoms with E-state index in [2.05, 4.69) is 21.5 Å². The fourth-order valence-electron chi connectivity index (χ4n) is 2.19. The van der Waals surface area contributed by atoms with Crippen molar-refractivity contribution in [1.29, 1.82) is 0 Å². The Labute approximate surface area is 121 Å². The van der Waals surface area contributed by atoms with Crippen molar-refractivity contribution in [2.45, 2.75) is 0 Å². The Balaban J connectivity index is 2.31. The molecule has 3 aromatic rings. The number of carbonyl (C=O) groups excluding carboxylic acids is 1. The Hall–Kier alpha value is -2.95. The molecule has 2 aromatic heterocycles. The summed E-state index contributed by atoms with van der Waals surface area (Å²) in [4.78, 5) is 23.5. The third-order valence-electron chi connectivity index (χ3n) is 3.25. The summed E-state index contributed by atoms with van der Waals surface area (Å²) in [5.74, 6) is -0.394. The number of rotatable bonds is 3. The fraction of sp³-hybridized carbons (Fsp3) is 0.0625. The zero-order valence-electron chi connectivity index (χ0n) is 11.5. The monoisotopic (exact) mass is 279 g/mol. The standard InChI is InChI=1S/C16H13N3O2/c1-3-10-4-5-11-12(16(20)21-2)7-14(19-13(11)6-10)15-8-17-9-18-15/h3-9H,1H2,2H3,(H,17,18). The Morgan fingerprint density at radius 1 is 1.38 bits per heavy atom. The lowest BCUT2D eigenvalue weighted by Crippen LogP contribution is -2.04. The highest BCUT2D eigenvalue weighted by molar-refractivity contribution is 6.04. The molecule has 2 heterocycles. The Morgan fingerprint density at radius 2 is 2.24 bits per heavy atom. The number of nitrogens with one attached hydrogen (secondary N) is 1. The van der Waals surface area contributed by atoms with E-state index in [-0.39, 0.29) is 0 Å². The zero-order valence-corrected chi connectivity index (χ0v) is 11.5. The van der Waals surface area contributed by atoms with Gasteiger partial charge in [-0.1, -0.05) is 24.8 Å². The van der Waals surface area contributed by atoms with E-state index in [9.17, 15) is 4.79 Å². The number of hydrogen-bond donors (Lipinski definition) is 1. The molecule has 5 nitrogen and oxygen atoms in total. The molecular formula is C16H13N3O2. The van der Waals surface area contributed by atoms with Crippen LogP contribution in [0.1, 0.15) is 15.9 Å². The minimum absolute atomic E-state index is 0.394. The first-order chi connectivity index (χ1) is 10.2. The van der Waals surface area contributed by atoms with Gasteiger partial charge in [0.05, 0.1) is 42.1 Å². The molecule has 21 heavy (non-hydrogen) atoms. The van der Waals surface area contributed by atoms with Crippen LogP contribution in [-0.4, -0.2) is 28.0 Å². The summed E-state index contributed by atoms with van der Waals surface area (Å²) in [6, 6.07) is 7.32. The van der Waals surface area contributed by atoms with Gasteiger partial charge in [0, 0.05) is 5.39 Å². The molecule has 0 saturated carbocycles. The van der Waals surface area contributed by atoms with Crippen LogP contribution < -0.4 is 0 Å². The number of aromatic amines is 1. The summed E-state index contributed by atoms with van der Waals surface area (Å²) in [6.45, 7) is 3.75. The number of aromatic nitrogens is 3. The molecule has 0 bridgehead atoms. The van der Waals surface area contributed by atoms with Crippen molar-refractivity contribution in [2.24, 2.45) is 0 Å². The molecule has 0 amide bonds. The number of esters is 1. The highest BCUT2D eigenvalue weighted by Gasteiger charge is 2.15. The summed E-state index contributed by atoms with van der Waals surface area (Å²) < 4.78 is 4.86. The van der Waals surface area contributed by atoms with Crippen molar-refractivity contribution in [3.63, 3.8) is 0 Å². The van der Waals surface area contributed by atoms with E-state index in [1.807, 2.05) is 18.2 Å². The number of nitrogens with zero attached hydrogens (tertiary/aromatic N) is 2. The third-order valence-corrected chi connectivity index (χ3v) is 3.25. The molecule has 5 heteroatoms. The number of pyridine rings is 1. The first-order valence-electron chi connectivity index (χ1n) is 6.37. The van der Waals surface area contributed by atoms with Crippen LogP contribution in [0.2, 0.25) is 0 Å². The van der Waals surface area contributed by atoms with Crippen molar-refractivity contribution in [2.75, 3.05) is 7.11 Å². The molecular weight excluding hydrogens is 266 g/mol. The minimum Gasteiger partial charge on any atom is -0.465 e. The molecule has 0 atom stereocenters. The second-order valence-electron chi connectivity index (χ2n) is 4.49. The number of hydrogen-bond acceptors (Lipinski definition) is 4. The number of fused-ring (bicyclic) bond motifs is 1. The van der Waals surface area contributed by atoms with E-state index in [1.165, 1.54) is 7.11 Å². The fourth-order valence-corrected chi connectivity index (χ4v) is 2.19. The van der Waals surface area contributed by atoms with Crippen LogP contribution in [0.5, 0.6) is 0 Å². The average molecular weight is 279 g/mol. The predicted octanol–water partition coefficient (Wildman–Crippen LogP) is 3.05. The summed E-state index contributed by atoms with van der Waals surface area (Å²) in [5.41, 5.74) is 3.50. The van der Waals surface area contributed by atoms with Gasteiger partial charge in [-0.25, -0.2) is 14.8 Å². The van der Waals surface area contributed by atoms with Crippen LogP contribution in [0, 0.1) is 0 Å². The van der Waals surface area contributed by atoms with Gasteiger partial charge in [0.1, 0.15) is 0 Å². The normalized spacial score (nSPS) is 10.5. The van der Waals surface area contributed by atoms with Gasteiger partial charge in [0.2, 0.25) is 0 Å². The molecule has 1 N–H and O–H groups in total. The number of imidazole rings is 1. The largest absolute Gasteiger partial charge is 0.465 e. The van der Waals surface area contributed by atoms with Crippen molar-refractivity contribution in [3.8, 4) is 11.4 Å². The third kappa shape index (κ3) is 2.29. The molecule has 0 saturated heterocycles. The van der Waals surface area contributed by atoms with Crippen molar-refractivity contribution < 1.29 is 9.53 Å². The maximum Gasteiger partial charge on any atom is 0.338 e. The summed E-state index contributed by atoms with van der Waals surface area (Å²) >= 11 is 0. The number of ether oxygens (including phenoxy) is 1. The average Bonchev–Trinajstić information content (AvgIpc) is 3.06. The summed E-state index contributed by atoms with van der Waals surface area (Å²) in [7, 11) is 1.36. The maximum atomic E-state index is 12.0. The lowest BCUT2D eigenvalue weighted by molar-refractivity contribution is 0.0603. The lowest BCUT2D eigenvalue weighted by Gasteiger charge is -2.08. The van der Waals surface area contributed by atoms with Gasteiger partial charge in [-0.2, -0.15) is 0 Å². The SMILES string of the molecule is C=Cc1ccc2c(C(=O)OC)cc(-c3cnc[nH]3)nc2c1. The van der Waals surface area contributed by atoms with Crippen LogP contribution >= 0.6 is 0 Å². The summed E-state index contributed by atoms with van der Waals surface area (Å²) in [5, 5.41) is 0.746. The number of methoxy groups -OCH3 is 1. The predicted molar refractivity (Wildman–Crippen MR) is 80.8 cm³/mol.